The number of hydrogen-bond acceptors (Lipinski definition) is 2. The molecule has 2 atom stereocenters. The van der Waals surface area contributed by atoms with E-state index in [0.29, 0.717) is 6.04 Å². The molecule has 1 saturated carbocycles. The summed E-state index contributed by atoms with van der Waals surface area (Å²) in [6.07, 6.45) is 4.85. The molecular formula is C12H24N2OS. The van der Waals surface area contributed by atoms with Gasteiger partial charge in [-0.15, -0.1) is 0 Å². The Kier molecular flexibility index (Phi) is 6.03. The second-order valence-corrected chi connectivity index (χ2v) is 5.98. The van der Waals surface area contributed by atoms with Crippen molar-refractivity contribution in [1.82, 2.24) is 10.2 Å². The molecule has 0 unspecified atom stereocenters. The van der Waals surface area contributed by atoms with Crippen molar-refractivity contribution in [3.63, 3.8) is 0 Å². The molecule has 1 rings (SSSR count). The largest absolute Gasteiger partial charge is 0.335 e. The van der Waals surface area contributed by atoms with E-state index >= 15 is 0 Å². The molecule has 0 aromatic rings. The van der Waals surface area contributed by atoms with Gasteiger partial charge in [-0.3, -0.25) is 0 Å². The average molecular weight is 244 g/mol. The van der Waals surface area contributed by atoms with Crippen LogP contribution in [0.1, 0.15) is 39.5 Å². The lowest BCUT2D eigenvalue weighted by Crippen LogP contribution is -2.45. The molecule has 0 aromatic carbocycles. The maximum absolute atomic E-state index is 11.7. The number of amides is 2. The number of urea groups is 1. The number of hydrogen-bond donors (Lipinski definition) is 1. The molecule has 3 nitrogen and oxygen atoms in total. The Balaban J connectivity index is 2.33. The summed E-state index contributed by atoms with van der Waals surface area (Å²) in [6, 6.07) is 0.467. The number of carbonyl (C=O) groups is 1. The summed E-state index contributed by atoms with van der Waals surface area (Å²) < 4.78 is 0. The molecular weight excluding hydrogens is 220 g/mol. The van der Waals surface area contributed by atoms with Crippen molar-refractivity contribution in [2.45, 2.75) is 50.8 Å². The smallest absolute Gasteiger partial charge is 0.317 e. The highest BCUT2D eigenvalue weighted by Gasteiger charge is 2.23. The van der Waals surface area contributed by atoms with E-state index < -0.39 is 0 Å². The summed E-state index contributed by atoms with van der Waals surface area (Å²) >= 11 is 2.03. The van der Waals surface area contributed by atoms with Crippen LogP contribution in [0, 0.1) is 0 Å². The highest BCUT2D eigenvalue weighted by molar-refractivity contribution is 7.99. The van der Waals surface area contributed by atoms with Gasteiger partial charge in [0, 0.05) is 24.9 Å². The number of rotatable bonds is 4. The van der Waals surface area contributed by atoms with Crippen LogP contribution in [-0.2, 0) is 0 Å². The molecule has 0 radical (unpaired) electrons. The fourth-order valence-corrected chi connectivity index (χ4v) is 3.26. The van der Waals surface area contributed by atoms with Gasteiger partial charge in [0.1, 0.15) is 0 Å². The van der Waals surface area contributed by atoms with Crippen molar-refractivity contribution in [3.8, 4) is 0 Å². The van der Waals surface area contributed by atoms with Gasteiger partial charge in [0.25, 0.3) is 0 Å². The molecule has 16 heavy (non-hydrogen) atoms. The molecule has 2 amide bonds. The van der Waals surface area contributed by atoms with E-state index in [0.717, 1.165) is 24.6 Å². The van der Waals surface area contributed by atoms with Crippen molar-refractivity contribution in [2.24, 2.45) is 0 Å². The second kappa shape index (κ2) is 7.05. The molecule has 0 saturated heterocycles. The zero-order valence-electron chi connectivity index (χ0n) is 10.7. The summed E-state index contributed by atoms with van der Waals surface area (Å²) in [6.45, 7) is 4.97. The van der Waals surface area contributed by atoms with Crippen LogP contribution in [0.15, 0.2) is 0 Å². The molecule has 0 spiro atoms. The van der Waals surface area contributed by atoms with E-state index in [1.54, 1.807) is 4.90 Å². The molecule has 1 N–H and O–H groups in total. The lowest BCUT2D eigenvalue weighted by Gasteiger charge is -2.30. The quantitative estimate of drug-likeness (QED) is 0.824. The Labute approximate surface area is 103 Å². The minimum atomic E-state index is 0.0784. The van der Waals surface area contributed by atoms with Gasteiger partial charge < -0.3 is 10.2 Å². The summed E-state index contributed by atoms with van der Waals surface area (Å²) in [4.78, 5) is 13.4. The molecule has 1 aliphatic carbocycles. The molecule has 1 fully saturated rings. The topological polar surface area (TPSA) is 32.3 Å². The molecule has 0 aliphatic heterocycles. The normalized spacial score (nSPS) is 25.2. The molecule has 0 bridgehead atoms. The van der Waals surface area contributed by atoms with E-state index in [1.165, 1.54) is 18.6 Å². The minimum Gasteiger partial charge on any atom is -0.335 e. The van der Waals surface area contributed by atoms with Crippen LogP contribution in [0.4, 0.5) is 4.79 Å². The molecule has 1 aliphatic rings. The van der Waals surface area contributed by atoms with E-state index in [9.17, 15) is 4.79 Å². The van der Waals surface area contributed by atoms with Gasteiger partial charge in [-0.05, 0) is 31.9 Å². The zero-order chi connectivity index (χ0) is 12.0. The van der Waals surface area contributed by atoms with Crippen LogP contribution >= 0.6 is 11.8 Å². The summed E-state index contributed by atoms with van der Waals surface area (Å²) in [5.74, 6) is 1.18. The Morgan fingerprint density at radius 3 is 2.81 bits per heavy atom. The molecule has 4 heteroatoms. The van der Waals surface area contributed by atoms with Gasteiger partial charge in [-0.2, -0.15) is 11.8 Å². The van der Waals surface area contributed by atoms with Crippen LogP contribution in [0.3, 0.4) is 0 Å². The van der Waals surface area contributed by atoms with Crippen molar-refractivity contribution in [1.29, 1.82) is 0 Å². The van der Waals surface area contributed by atoms with Gasteiger partial charge in [0.05, 0.1) is 0 Å². The highest BCUT2D eigenvalue weighted by atomic mass is 32.2. The van der Waals surface area contributed by atoms with Gasteiger partial charge >= 0.3 is 6.03 Å². The van der Waals surface area contributed by atoms with E-state index in [2.05, 4.69) is 12.2 Å². The third kappa shape index (κ3) is 4.24. The van der Waals surface area contributed by atoms with Crippen LogP contribution < -0.4 is 5.32 Å². The van der Waals surface area contributed by atoms with E-state index in [4.69, 9.17) is 0 Å². The third-order valence-corrected chi connectivity index (χ3v) is 4.41. The minimum absolute atomic E-state index is 0.0784. The van der Waals surface area contributed by atoms with E-state index in [1.807, 2.05) is 25.7 Å². The first-order valence-electron chi connectivity index (χ1n) is 6.30. The van der Waals surface area contributed by atoms with Gasteiger partial charge in [0.2, 0.25) is 0 Å². The lowest BCUT2D eigenvalue weighted by atomic mass is 9.95. The monoisotopic (exact) mass is 244 g/mol. The first-order chi connectivity index (χ1) is 7.67. The maximum atomic E-state index is 11.7. The second-order valence-electron chi connectivity index (χ2n) is 4.40. The Morgan fingerprint density at radius 1 is 1.44 bits per heavy atom. The number of nitrogens with one attached hydrogen (secondary N) is 1. The van der Waals surface area contributed by atoms with Crippen LogP contribution in [0.2, 0.25) is 0 Å². The van der Waals surface area contributed by atoms with Crippen LogP contribution in [0.25, 0.3) is 0 Å². The number of carbonyl (C=O) groups excluding carboxylic acids is 1. The Morgan fingerprint density at radius 2 is 2.19 bits per heavy atom. The predicted octanol–water partition coefficient (Wildman–Crippen LogP) is 2.71. The van der Waals surface area contributed by atoms with Gasteiger partial charge in [-0.1, -0.05) is 13.3 Å². The number of nitrogens with zero attached hydrogens (tertiary/aromatic N) is 1. The van der Waals surface area contributed by atoms with Crippen molar-refractivity contribution in [3.05, 3.63) is 0 Å². The van der Waals surface area contributed by atoms with Crippen molar-refractivity contribution < 1.29 is 4.79 Å². The first kappa shape index (κ1) is 13.7. The Hall–Kier alpha value is -0.380. The van der Waals surface area contributed by atoms with Gasteiger partial charge in [-0.25, -0.2) is 4.79 Å². The lowest BCUT2D eigenvalue weighted by molar-refractivity contribution is 0.203. The summed E-state index contributed by atoms with van der Waals surface area (Å²) in [5.41, 5.74) is 0. The standard InChI is InChI=1S/C12H24N2OS/c1-4-14(3)12(15)13-10-7-6-8-11(9-10)16-5-2/h10-11H,4-9H2,1-3H3,(H,13,15)/t10-,11-/m1/s1. The highest BCUT2D eigenvalue weighted by Crippen LogP contribution is 2.28. The summed E-state index contributed by atoms with van der Waals surface area (Å²) in [5, 5.41) is 3.88. The third-order valence-electron chi connectivity index (χ3n) is 3.18. The van der Waals surface area contributed by atoms with Crippen molar-refractivity contribution in [2.75, 3.05) is 19.3 Å². The fraction of sp³-hybridized carbons (Fsp3) is 0.917. The fourth-order valence-electron chi connectivity index (χ4n) is 2.09. The molecule has 0 heterocycles. The molecule has 0 aromatic heterocycles. The SMILES string of the molecule is CCS[C@@H]1CCC[C@@H](NC(=O)N(C)CC)C1. The average Bonchev–Trinajstić information content (AvgIpc) is 2.29. The number of thioether (sulfide) groups is 1. The van der Waals surface area contributed by atoms with Crippen LogP contribution in [-0.4, -0.2) is 41.6 Å². The predicted molar refractivity (Wildman–Crippen MR) is 71.0 cm³/mol. The maximum Gasteiger partial charge on any atom is 0.317 e. The Bertz CT molecular complexity index is 221. The van der Waals surface area contributed by atoms with Gasteiger partial charge in [0.15, 0.2) is 0 Å². The summed E-state index contributed by atoms with van der Waals surface area (Å²) in [7, 11) is 1.84. The zero-order valence-corrected chi connectivity index (χ0v) is 11.5. The first-order valence-corrected chi connectivity index (χ1v) is 7.35. The van der Waals surface area contributed by atoms with Crippen LogP contribution in [0.5, 0.6) is 0 Å². The van der Waals surface area contributed by atoms with Crippen molar-refractivity contribution >= 4 is 17.8 Å². The van der Waals surface area contributed by atoms with E-state index in [-0.39, 0.29) is 6.03 Å². The molecule has 94 valence electrons.